The molecule has 0 aliphatic heterocycles. The maximum atomic E-state index is 2.42. The first-order chi connectivity index (χ1) is 37.3. The van der Waals surface area contributed by atoms with Gasteiger partial charge in [-0.2, -0.15) is 0 Å². The zero-order chi connectivity index (χ0) is 50.4. The van der Waals surface area contributed by atoms with Gasteiger partial charge in [0.25, 0.3) is 0 Å². The van der Waals surface area contributed by atoms with Crippen LogP contribution in [-0.4, -0.2) is 12.3 Å². The van der Waals surface area contributed by atoms with E-state index in [0.717, 1.165) is 0 Å². The summed E-state index contributed by atoms with van der Waals surface area (Å²) < 4.78 is 0. The second kappa shape index (κ2) is 24.9. The van der Waals surface area contributed by atoms with Crippen molar-refractivity contribution in [2.45, 2.75) is 6.42 Å². The average Bonchev–Trinajstić information content (AvgIpc) is 3.49. The molecule has 0 bridgehead atoms. The first-order valence-electron chi connectivity index (χ1n) is 25.9. The van der Waals surface area contributed by atoms with E-state index < -0.39 is 15.8 Å². The summed E-state index contributed by atoms with van der Waals surface area (Å²) in [6.45, 7) is 0. The molecule has 0 nitrogen and oxygen atoms in total. The van der Waals surface area contributed by atoms with Crippen molar-refractivity contribution in [1.29, 1.82) is 0 Å². The smallest absolute Gasteiger partial charge is 0.000884 e. The van der Waals surface area contributed by atoms with Crippen molar-refractivity contribution in [2.75, 3.05) is 12.3 Å². The number of hydrogen-bond acceptors (Lipinski definition) is 0. The van der Waals surface area contributed by atoms with Crippen LogP contribution in [0, 0.1) is 0 Å². The molecular weight excluding hydrogens is 977 g/mol. The average molecular weight is 1040 g/mol. The number of benzene rings is 12. The van der Waals surface area contributed by atoms with Crippen molar-refractivity contribution in [3.05, 3.63) is 315 Å². The highest BCUT2D eigenvalue weighted by Crippen LogP contribution is 2.46. The predicted molar refractivity (Wildman–Crippen MR) is 337 cm³/mol. The molecule has 4 heteroatoms. The predicted octanol–water partition coefficient (Wildman–Crippen LogP) is 14.8. The highest BCUT2D eigenvalue weighted by atomic mass is 31.1. The SMILES string of the molecule is c1ccc(P(CCCP(c2ccccc2)c2ccccc2)c2ccccc2)cc1.c1ccc(P(c2ccccc2)c2ccc3ccccc3c2-c2c(P(c3ccccc3)c3ccccc3)ccc3ccccc23)cc1. The third-order valence-electron chi connectivity index (χ3n) is 13.6. The lowest BCUT2D eigenvalue weighted by molar-refractivity contribution is 1.11. The lowest BCUT2D eigenvalue weighted by Gasteiger charge is -2.28. The van der Waals surface area contributed by atoms with Gasteiger partial charge in [0.15, 0.2) is 0 Å². The summed E-state index contributed by atoms with van der Waals surface area (Å²) in [5.74, 6) is 0. The highest BCUT2D eigenvalue weighted by Gasteiger charge is 2.28. The van der Waals surface area contributed by atoms with E-state index in [9.17, 15) is 0 Å². The molecule has 362 valence electrons. The Labute approximate surface area is 448 Å². The van der Waals surface area contributed by atoms with Gasteiger partial charge in [-0.15, -0.1) is 0 Å². The summed E-state index contributed by atoms with van der Waals surface area (Å²) in [6, 6.07) is 116. The second-order valence-electron chi connectivity index (χ2n) is 18.4. The largest absolute Gasteiger partial charge is 0.0622 e. The minimum Gasteiger partial charge on any atom is -0.0622 e. The van der Waals surface area contributed by atoms with Crippen LogP contribution >= 0.6 is 31.7 Å². The molecule has 0 fully saturated rings. The molecule has 12 aromatic carbocycles. The Morgan fingerprint density at radius 2 is 0.427 bits per heavy atom. The molecule has 0 N–H and O–H groups in total. The van der Waals surface area contributed by atoms with Gasteiger partial charge in [-0.25, -0.2) is 0 Å². The summed E-state index contributed by atoms with van der Waals surface area (Å²) in [5.41, 5.74) is 2.70. The van der Waals surface area contributed by atoms with Crippen LogP contribution in [0.2, 0.25) is 0 Å². The molecule has 0 amide bonds. The van der Waals surface area contributed by atoms with Crippen molar-refractivity contribution < 1.29 is 0 Å². The van der Waals surface area contributed by atoms with Gasteiger partial charge in [-0.05, 0) is 136 Å². The second-order valence-corrected chi connectivity index (χ2v) is 27.4. The van der Waals surface area contributed by atoms with E-state index in [4.69, 9.17) is 0 Å². The van der Waals surface area contributed by atoms with Gasteiger partial charge < -0.3 is 0 Å². The van der Waals surface area contributed by atoms with Crippen molar-refractivity contribution in [3.8, 4) is 11.1 Å². The van der Waals surface area contributed by atoms with Gasteiger partial charge in [0.1, 0.15) is 0 Å². The quantitative estimate of drug-likeness (QED) is 0.0898. The lowest BCUT2D eigenvalue weighted by Crippen LogP contribution is -2.26. The topological polar surface area (TPSA) is 0 Å². The van der Waals surface area contributed by atoms with Crippen molar-refractivity contribution in [2.24, 2.45) is 0 Å². The van der Waals surface area contributed by atoms with Gasteiger partial charge in [0.2, 0.25) is 0 Å². The Morgan fingerprint density at radius 1 is 0.200 bits per heavy atom. The molecule has 0 saturated heterocycles. The summed E-state index contributed by atoms with van der Waals surface area (Å²) in [4.78, 5) is 0. The maximum absolute atomic E-state index is 2.42. The number of fused-ring (bicyclic) bond motifs is 2. The van der Waals surface area contributed by atoms with E-state index in [1.54, 1.807) is 0 Å². The van der Waals surface area contributed by atoms with Crippen LogP contribution < -0.4 is 53.0 Å². The Kier molecular flexibility index (Phi) is 16.6. The molecule has 0 aliphatic rings. The summed E-state index contributed by atoms with van der Waals surface area (Å²) in [6.07, 6.45) is 3.72. The van der Waals surface area contributed by atoms with Crippen molar-refractivity contribution in [3.63, 3.8) is 0 Å². The third kappa shape index (κ3) is 11.7. The summed E-state index contributed by atoms with van der Waals surface area (Å²) >= 11 is 0. The fourth-order valence-corrected chi connectivity index (χ4v) is 20.1. The Morgan fingerprint density at radius 3 is 0.693 bits per heavy atom. The van der Waals surface area contributed by atoms with Crippen LogP contribution in [0.15, 0.2) is 315 Å². The first-order valence-corrected chi connectivity index (χ1v) is 31.6. The summed E-state index contributed by atoms with van der Waals surface area (Å²) in [7, 11) is -2.32. The molecule has 12 rings (SSSR count). The molecule has 0 spiro atoms. The van der Waals surface area contributed by atoms with E-state index in [2.05, 4.69) is 315 Å². The van der Waals surface area contributed by atoms with E-state index in [0.29, 0.717) is 0 Å². The van der Waals surface area contributed by atoms with E-state index in [1.807, 2.05) is 0 Å². The van der Waals surface area contributed by atoms with Gasteiger partial charge in [-0.1, -0.05) is 315 Å². The summed E-state index contributed by atoms with van der Waals surface area (Å²) in [5, 5.41) is 19.3. The number of hydrogen-bond donors (Lipinski definition) is 0. The molecule has 0 aliphatic carbocycles. The Balaban J connectivity index is 0.000000179. The first kappa shape index (κ1) is 50.1. The van der Waals surface area contributed by atoms with E-state index in [1.165, 1.54) is 104 Å². The van der Waals surface area contributed by atoms with Gasteiger partial charge in [0.05, 0.1) is 0 Å². The number of rotatable bonds is 15. The minimum atomic E-state index is -0.852. The van der Waals surface area contributed by atoms with Gasteiger partial charge >= 0.3 is 0 Å². The van der Waals surface area contributed by atoms with E-state index >= 15 is 0 Å². The van der Waals surface area contributed by atoms with Crippen molar-refractivity contribution >= 4 is 106 Å². The zero-order valence-corrected chi connectivity index (χ0v) is 45.5. The third-order valence-corrected chi connectivity index (χ3v) is 23.8. The van der Waals surface area contributed by atoms with Crippen LogP contribution in [-0.2, 0) is 0 Å². The van der Waals surface area contributed by atoms with E-state index in [-0.39, 0.29) is 15.8 Å². The molecule has 0 saturated carbocycles. The molecular formula is C71H58P4. The molecule has 0 radical (unpaired) electrons. The molecule has 12 aromatic rings. The van der Waals surface area contributed by atoms with Gasteiger partial charge in [-0.3, -0.25) is 0 Å². The van der Waals surface area contributed by atoms with Crippen molar-refractivity contribution in [1.82, 2.24) is 0 Å². The molecule has 0 atom stereocenters. The zero-order valence-electron chi connectivity index (χ0n) is 41.9. The monoisotopic (exact) mass is 1030 g/mol. The molecule has 75 heavy (non-hydrogen) atoms. The highest BCUT2D eigenvalue weighted by molar-refractivity contribution is 7.81. The fourth-order valence-electron chi connectivity index (χ4n) is 10.2. The van der Waals surface area contributed by atoms with Crippen LogP contribution in [0.5, 0.6) is 0 Å². The van der Waals surface area contributed by atoms with Crippen LogP contribution in [0.25, 0.3) is 32.7 Å². The maximum Gasteiger partial charge on any atom is -0.000884 e. The molecule has 0 unspecified atom stereocenters. The Bertz CT molecular complexity index is 3270. The molecule has 0 aromatic heterocycles. The molecule has 0 heterocycles. The standard InChI is InChI=1S/C44H32P2.C27H26P2/c1-5-19-35(20-6-1)45(36-21-7-2-8-22-36)41-31-29-33-17-13-15-27-39(33)43(41)44-40-28-16-14-18-34(40)30-32-42(44)46(37-23-9-3-10-24-37)38-25-11-4-12-26-38;1-5-14-24(15-6-1)28(25-16-7-2-8-17-25)22-13-23-29(26-18-9-3-10-19-26)27-20-11-4-12-21-27/h1-32H;1-12,14-21H,13,22-23H2. The normalized spacial score (nSPS) is 11.3. The van der Waals surface area contributed by atoms with Crippen LogP contribution in [0.3, 0.4) is 0 Å². The fraction of sp³-hybridized carbons (Fsp3) is 0.0423. The minimum absolute atomic E-state index is 0.309. The van der Waals surface area contributed by atoms with Gasteiger partial charge in [0, 0.05) is 0 Å². The van der Waals surface area contributed by atoms with Crippen LogP contribution in [0.4, 0.5) is 0 Å². The van der Waals surface area contributed by atoms with Crippen LogP contribution in [0.1, 0.15) is 6.42 Å². The lowest BCUT2D eigenvalue weighted by atomic mass is 9.93. The Hall–Kier alpha value is -7.12.